The van der Waals surface area contributed by atoms with Crippen LogP contribution in [0.2, 0.25) is 0 Å². The van der Waals surface area contributed by atoms with E-state index in [9.17, 15) is 4.79 Å². The molecule has 14 heavy (non-hydrogen) atoms. The number of carboxylic acids is 1. The standard InChI is InChI=1S/C11H16O3/c1-7(11(12)13)4-5-10-6-8(2)14-9(10)3/h6-7H,4-5H2,1-3H3,(H,12,13). The highest BCUT2D eigenvalue weighted by Gasteiger charge is 2.12. The molecule has 0 amide bonds. The van der Waals surface area contributed by atoms with Crippen LogP contribution in [-0.4, -0.2) is 11.1 Å². The van der Waals surface area contributed by atoms with Crippen molar-refractivity contribution >= 4 is 5.97 Å². The second-order valence-electron chi connectivity index (χ2n) is 3.72. The van der Waals surface area contributed by atoms with Gasteiger partial charge in [0.1, 0.15) is 11.5 Å². The fourth-order valence-corrected chi connectivity index (χ4v) is 1.43. The van der Waals surface area contributed by atoms with Crippen LogP contribution in [0.15, 0.2) is 10.5 Å². The minimum absolute atomic E-state index is 0.287. The number of carbonyl (C=O) groups is 1. The number of carboxylic acid groups (broad SMARTS) is 1. The Bertz CT molecular complexity index is 325. The van der Waals surface area contributed by atoms with Crippen molar-refractivity contribution in [1.29, 1.82) is 0 Å². The van der Waals surface area contributed by atoms with Gasteiger partial charge in [-0.2, -0.15) is 0 Å². The Morgan fingerprint density at radius 2 is 2.21 bits per heavy atom. The molecule has 0 aliphatic rings. The van der Waals surface area contributed by atoms with Crippen molar-refractivity contribution in [3.05, 3.63) is 23.2 Å². The molecule has 3 nitrogen and oxygen atoms in total. The van der Waals surface area contributed by atoms with Crippen molar-refractivity contribution in [1.82, 2.24) is 0 Å². The normalized spacial score (nSPS) is 12.8. The molecule has 0 bridgehead atoms. The van der Waals surface area contributed by atoms with Gasteiger partial charge in [0.25, 0.3) is 0 Å². The van der Waals surface area contributed by atoms with Gasteiger partial charge in [-0.15, -0.1) is 0 Å². The van der Waals surface area contributed by atoms with Gasteiger partial charge in [-0.25, -0.2) is 0 Å². The van der Waals surface area contributed by atoms with E-state index in [4.69, 9.17) is 9.52 Å². The fraction of sp³-hybridized carbons (Fsp3) is 0.545. The van der Waals surface area contributed by atoms with E-state index in [1.165, 1.54) is 0 Å². The number of aryl methyl sites for hydroxylation is 3. The SMILES string of the molecule is Cc1cc(CCC(C)C(=O)O)c(C)o1. The molecule has 0 aromatic carbocycles. The van der Waals surface area contributed by atoms with Gasteiger partial charge in [-0.05, 0) is 38.3 Å². The van der Waals surface area contributed by atoms with Crippen LogP contribution in [-0.2, 0) is 11.2 Å². The first-order valence-electron chi connectivity index (χ1n) is 4.79. The molecule has 78 valence electrons. The molecule has 0 spiro atoms. The highest BCUT2D eigenvalue weighted by atomic mass is 16.4. The summed E-state index contributed by atoms with van der Waals surface area (Å²) in [6, 6.07) is 1.98. The van der Waals surface area contributed by atoms with Gasteiger partial charge in [-0.3, -0.25) is 4.79 Å². The van der Waals surface area contributed by atoms with Crippen LogP contribution in [0, 0.1) is 19.8 Å². The van der Waals surface area contributed by atoms with Crippen LogP contribution < -0.4 is 0 Å². The Morgan fingerprint density at radius 1 is 1.57 bits per heavy atom. The van der Waals surface area contributed by atoms with Crippen molar-refractivity contribution in [2.75, 3.05) is 0 Å². The second-order valence-corrected chi connectivity index (χ2v) is 3.72. The Kier molecular flexibility index (Phi) is 3.33. The number of rotatable bonds is 4. The predicted molar refractivity (Wildman–Crippen MR) is 53.3 cm³/mol. The van der Waals surface area contributed by atoms with Gasteiger partial charge in [-0.1, -0.05) is 6.92 Å². The van der Waals surface area contributed by atoms with Gasteiger partial charge < -0.3 is 9.52 Å². The van der Waals surface area contributed by atoms with Crippen LogP contribution in [0.1, 0.15) is 30.4 Å². The molecule has 1 aromatic rings. The number of furan rings is 1. The molecule has 1 N–H and O–H groups in total. The van der Waals surface area contributed by atoms with Crippen LogP contribution in [0.25, 0.3) is 0 Å². The van der Waals surface area contributed by atoms with Crippen LogP contribution in [0.5, 0.6) is 0 Å². The maximum atomic E-state index is 10.6. The van der Waals surface area contributed by atoms with Crippen LogP contribution >= 0.6 is 0 Å². The summed E-state index contributed by atoms with van der Waals surface area (Å²) in [5.74, 6) is 0.771. The van der Waals surface area contributed by atoms with Crippen molar-refractivity contribution in [2.45, 2.75) is 33.6 Å². The summed E-state index contributed by atoms with van der Waals surface area (Å²) in [4.78, 5) is 10.6. The van der Waals surface area contributed by atoms with Crippen LogP contribution in [0.3, 0.4) is 0 Å². The molecule has 1 heterocycles. The minimum atomic E-state index is -0.733. The number of hydrogen-bond acceptors (Lipinski definition) is 2. The first kappa shape index (κ1) is 10.8. The van der Waals surface area contributed by atoms with Gasteiger partial charge >= 0.3 is 5.97 Å². The Balaban J connectivity index is 2.53. The van der Waals surface area contributed by atoms with E-state index in [1.807, 2.05) is 19.9 Å². The molecule has 1 unspecified atom stereocenters. The zero-order valence-electron chi connectivity index (χ0n) is 8.83. The summed E-state index contributed by atoms with van der Waals surface area (Å²) in [5, 5.41) is 8.71. The number of aliphatic carboxylic acids is 1. The van der Waals surface area contributed by atoms with Crippen molar-refractivity contribution in [3.63, 3.8) is 0 Å². The van der Waals surface area contributed by atoms with E-state index in [0.717, 1.165) is 23.5 Å². The van der Waals surface area contributed by atoms with E-state index in [0.29, 0.717) is 6.42 Å². The molecule has 1 atom stereocenters. The maximum Gasteiger partial charge on any atom is 0.306 e. The van der Waals surface area contributed by atoms with Gasteiger partial charge in [0.2, 0.25) is 0 Å². The monoisotopic (exact) mass is 196 g/mol. The third kappa shape index (κ3) is 2.62. The lowest BCUT2D eigenvalue weighted by Crippen LogP contribution is -2.10. The summed E-state index contributed by atoms with van der Waals surface area (Å²) in [7, 11) is 0. The van der Waals surface area contributed by atoms with Gasteiger partial charge in [0, 0.05) is 0 Å². The molecular formula is C11H16O3. The minimum Gasteiger partial charge on any atom is -0.481 e. The zero-order chi connectivity index (χ0) is 10.7. The summed E-state index contributed by atoms with van der Waals surface area (Å²) >= 11 is 0. The summed E-state index contributed by atoms with van der Waals surface area (Å²) in [5.41, 5.74) is 1.12. The molecular weight excluding hydrogens is 180 g/mol. The highest BCUT2D eigenvalue weighted by Crippen LogP contribution is 2.17. The first-order valence-corrected chi connectivity index (χ1v) is 4.79. The zero-order valence-corrected chi connectivity index (χ0v) is 8.83. The van der Waals surface area contributed by atoms with E-state index in [2.05, 4.69) is 0 Å². The molecule has 0 radical (unpaired) electrons. The van der Waals surface area contributed by atoms with E-state index in [1.54, 1.807) is 6.92 Å². The summed E-state index contributed by atoms with van der Waals surface area (Å²) in [6.45, 7) is 5.54. The topological polar surface area (TPSA) is 50.4 Å². The molecule has 0 aliphatic carbocycles. The number of hydrogen-bond donors (Lipinski definition) is 1. The molecule has 1 aromatic heterocycles. The Labute approximate surface area is 83.7 Å². The largest absolute Gasteiger partial charge is 0.481 e. The third-order valence-electron chi connectivity index (χ3n) is 2.41. The summed E-state index contributed by atoms with van der Waals surface area (Å²) in [6.07, 6.45) is 1.44. The van der Waals surface area contributed by atoms with E-state index >= 15 is 0 Å². The maximum absolute atomic E-state index is 10.6. The third-order valence-corrected chi connectivity index (χ3v) is 2.41. The van der Waals surface area contributed by atoms with Crippen molar-refractivity contribution < 1.29 is 14.3 Å². The predicted octanol–water partition coefficient (Wildman–Crippen LogP) is 2.55. The van der Waals surface area contributed by atoms with Gasteiger partial charge in [0.15, 0.2) is 0 Å². The molecule has 3 heteroatoms. The van der Waals surface area contributed by atoms with E-state index < -0.39 is 5.97 Å². The van der Waals surface area contributed by atoms with E-state index in [-0.39, 0.29) is 5.92 Å². The lowest BCUT2D eigenvalue weighted by atomic mass is 10.0. The second kappa shape index (κ2) is 4.31. The Morgan fingerprint density at radius 3 is 2.64 bits per heavy atom. The van der Waals surface area contributed by atoms with Gasteiger partial charge in [0.05, 0.1) is 5.92 Å². The first-order chi connectivity index (χ1) is 6.50. The lowest BCUT2D eigenvalue weighted by Gasteiger charge is -2.04. The Hall–Kier alpha value is -1.25. The molecule has 1 rings (SSSR count). The molecule has 0 saturated carbocycles. The molecule has 0 aliphatic heterocycles. The summed E-state index contributed by atoms with van der Waals surface area (Å²) < 4.78 is 5.36. The highest BCUT2D eigenvalue weighted by molar-refractivity contribution is 5.69. The lowest BCUT2D eigenvalue weighted by molar-refractivity contribution is -0.141. The van der Waals surface area contributed by atoms with Crippen molar-refractivity contribution in [3.8, 4) is 0 Å². The fourth-order valence-electron chi connectivity index (χ4n) is 1.43. The quantitative estimate of drug-likeness (QED) is 0.805. The smallest absolute Gasteiger partial charge is 0.306 e. The molecule has 0 saturated heterocycles. The average Bonchev–Trinajstić information content (AvgIpc) is 2.40. The van der Waals surface area contributed by atoms with Crippen LogP contribution in [0.4, 0.5) is 0 Å². The van der Waals surface area contributed by atoms with Crippen molar-refractivity contribution in [2.24, 2.45) is 5.92 Å². The average molecular weight is 196 g/mol. The molecule has 0 fully saturated rings.